The largest absolute Gasteiger partial charge is 0.484 e. The lowest BCUT2D eigenvalue weighted by molar-refractivity contribution is -0.137. The number of ether oxygens (including phenoxy) is 1. The van der Waals surface area contributed by atoms with Crippen molar-refractivity contribution in [3.8, 4) is 5.75 Å². The highest BCUT2D eigenvalue weighted by Crippen LogP contribution is 2.40. The average molecular weight is 473 g/mol. The summed E-state index contributed by atoms with van der Waals surface area (Å²) in [6.07, 6.45) is -1.64. The predicted molar refractivity (Wildman–Crippen MR) is 111 cm³/mol. The van der Waals surface area contributed by atoms with Crippen LogP contribution in [0.4, 0.5) is 23.2 Å². The van der Waals surface area contributed by atoms with Gasteiger partial charge in [-0.2, -0.15) is 13.2 Å². The predicted octanol–water partition coefficient (Wildman–Crippen LogP) is 5.33. The molecule has 1 fully saturated rings. The molecule has 0 unspecified atom stereocenters. The highest BCUT2D eigenvalue weighted by atomic mass is 35.5. The Bertz CT molecular complexity index is 976. The van der Waals surface area contributed by atoms with E-state index >= 15 is 0 Å². The molecule has 1 saturated carbocycles. The highest BCUT2D eigenvalue weighted by Gasteiger charge is 2.43. The normalized spacial score (nSPS) is 14.5. The number of rotatable bonds is 9. The summed E-state index contributed by atoms with van der Waals surface area (Å²) in [5, 5.41) is 5.41. The molecule has 2 aromatic carbocycles. The number of anilines is 1. The Morgan fingerprint density at radius 3 is 2.34 bits per heavy atom. The zero-order valence-electron chi connectivity index (χ0n) is 16.9. The third-order valence-corrected chi connectivity index (χ3v) is 5.38. The molecule has 0 aliphatic heterocycles. The van der Waals surface area contributed by atoms with Crippen LogP contribution < -0.4 is 15.4 Å². The maximum atomic E-state index is 13.4. The molecule has 0 atom stereocenters. The van der Waals surface area contributed by atoms with Gasteiger partial charge in [-0.25, -0.2) is 4.39 Å². The molecule has 0 radical (unpaired) electrons. The first-order valence-electron chi connectivity index (χ1n) is 9.92. The Morgan fingerprint density at radius 1 is 1.06 bits per heavy atom. The van der Waals surface area contributed by atoms with Crippen molar-refractivity contribution in [3.05, 3.63) is 58.9 Å². The zero-order chi connectivity index (χ0) is 23.4. The van der Waals surface area contributed by atoms with Gasteiger partial charge in [0, 0.05) is 23.7 Å². The van der Waals surface area contributed by atoms with Crippen molar-refractivity contribution in [1.29, 1.82) is 0 Å². The van der Waals surface area contributed by atoms with E-state index in [1.807, 2.05) is 0 Å². The number of halogens is 5. The van der Waals surface area contributed by atoms with Crippen molar-refractivity contribution in [2.75, 3.05) is 11.9 Å². The molecule has 32 heavy (non-hydrogen) atoms. The molecule has 3 rings (SSSR count). The average Bonchev–Trinajstić information content (AvgIpc) is 3.47. The molecule has 1 aliphatic rings. The third-order valence-electron chi connectivity index (χ3n) is 5.07. The van der Waals surface area contributed by atoms with Crippen LogP contribution in [0.1, 0.15) is 37.7 Å². The molecule has 0 heterocycles. The van der Waals surface area contributed by atoms with E-state index in [2.05, 4.69) is 10.6 Å². The van der Waals surface area contributed by atoms with Crippen LogP contribution in [0.25, 0.3) is 0 Å². The van der Waals surface area contributed by atoms with E-state index in [1.54, 1.807) is 0 Å². The molecule has 0 bridgehead atoms. The van der Waals surface area contributed by atoms with E-state index < -0.39 is 17.6 Å². The van der Waals surface area contributed by atoms with Crippen molar-refractivity contribution >= 4 is 29.1 Å². The van der Waals surface area contributed by atoms with E-state index in [-0.39, 0.29) is 46.8 Å². The summed E-state index contributed by atoms with van der Waals surface area (Å²) >= 11 is 5.60. The SMILES string of the molecule is O=C(CCCC1(NC(=O)COc2ccc(Cl)c(F)c2)CC1)Nc1ccc(C(F)(F)F)cc1. The molecule has 10 heteroatoms. The fraction of sp³-hybridized carbons (Fsp3) is 0.364. The van der Waals surface area contributed by atoms with Crippen LogP contribution in [0.2, 0.25) is 5.02 Å². The van der Waals surface area contributed by atoms with Crippen LogP contribution in [0.3, 0.4) is 0 Å². The summed E-state index contributed by atoms with van der Waals surface area (Å²) in [6.45, 7) is -0.281. The molecule has 2 aromatic rings. The minimum absolute atomic E-state index is 0.0407. The van der Waals surface area contributed by atoms with Gasteiger partial charge in [0.2, 0.25) is 5.91 Å². The molecule has 0 saturated heterocycles. The van der Waals surface area contributed by atoms with Crippen molar-refractivity contribution in [1.82, 2.24) is 5.32 Å². The number of carbonyl (C=O) groups is 2. The number of amides is 2. The second-order valence-corrected chi connectivity index (χ2v) is 8.08. The summed E-state index contributed by atoms with van der Waals surface area (Å²) in [7, 11) is 0. The maximum Gasteiger partial charge on any atom is 0.416 e. The third kappa shape index (κ3) is 6.85. The molecule has 5 nitrogen and oxygen atoms in total. The second kappa shape index (κ2) is 9.77. The number of hydrogen-bond donors (Lipinski definition) is 2. The van der Waals surface area contributed by atoms with Gasteiger partial charge in [0.05, 0.1) is 10.6 Å². The molecular formula is C22H21ClF4N2O3. The van der Waals surface area contributed by atoms with E-state index in [9.17, 15) is 27.2 Å². The van der Waals surface area contributed by atoms with Gasteiger partial charge < -0.3 is 15.4 Å². The lowest BCUT2D eigenvalue weighted by atomic mass is 10.1. The quantitative estimate of drug-likeness (QED) is 0.484. The van der Waals surface area contributed by atoms with Crippen LogP contribution in [0.5, 0.6) is 5.75 Å². The van der Waals surface area contributed by atoms with Crippen LogP contribution in [-0.4, -0.2) is 24.0 Å². The van der Waals surface area contributed by atoms with Crippen molar-refractivity contribution in [2.45, 2.75) is 43.8 Å². The van der Waals surface area contributed by atoms with Gasteiger partial charge in [-0.15, -0.1) is 0 Å². The first-order valence-corrected chi connectivity index (χ1v) is 10.3. The van der Waals surface area contributed by atoms with Gasteiger partial charge >= 0.3 is 6.18 Å². The van der Waals surface area contributed by atoms with E-state index in [0.29, 0.717) is 12.8 Å². The molecule has 2 N–H and O–H groups in total. The van der Waals surface area contributed by atoms with Crippen LogP contribution in [0.15, 0.2) is 42.5 Å². The number of nitrogens with one attached hydrogen (secondary N) is 2. The van der Waals surface area contributed by atoms with Crippen molar-refractivity contribution < 1.29 is 31.9 Å². The Kier molecular flexibility index (Phi) is 7.28. The molecule has 0 spiro atoms. The first kappa shape index (κ1) is 23.8. The summed E-state index contributed by atoms with van der Waals surface area (Å²) in [5.41, 5.74) is -0.888. The minimum atomic E-state index is -4.43. The van der Waals surface area contributed by atoms with Crippen molar-refractivity contribution in [3.63, 3.8) is 0 Å². The molecular weight excluding hydrogens is 452 g/mol. The monoisotopic (exact) mass is 472 g/mol. The summed E-state index contributed by atoms with van der Waals surface area (Å²) < 4.78 is 56.4. The van der Waals surface area contributed by atoms with Crippen LogP contribution in [0, 0.1) is 5.82 Å². The Morgan fingerprint density at radius 2 is 1.75 bits per heavy atom. The fourth-order valence-corrected chi connectivity index (χ4v) is 3.31. The van der Waals surface area contributed by atoms with Crippen molar-refractivity contribution in [2.24, 2.45) is 0 Å². The maximum absolute atomic E-state index is 13.4. The van der Waals surface area contributed by atoms with E-state index in [4.69, 9.17) is 16.3 Å². The number of hydrogen-bond acceptors (Lipinski definition) is 3. The fourth-order valence-electron chi connectivity index (χ4n) is 3.19. The smallest absolute Gasteiger partial charge is 0.416 e. The van der Waals surface area contributed by atoms with E-state index in [0.717, 1.165) is 31.0 Å². The van der Waals surface area contributed by atoms with Gasteiger partial charge in [0.1, 0.15) is 11.6 Å². The topological polar surface area (TPSA) is 67.4 Å². The lowest BCUT2D eigenvalue weighted by Gasteiger charge is -2.17. The van der Waals surface area contributed by atoms with E-state index in [1.165, 1.54) is 24.3 Å². The zero-order valence-corrected chi connectivity index (χ0v) is 17.7. The van der Waals surface area contributed by atoms with Gasteiger partial charge in [0.25, 0.3) is 5.91 Å². The van der Waals surface area contributed by atoms with Gasteiger partial charge in [-0.3, -0.25) is 9.59 Å². The molecule has 2 amide bonds. The second-order valence-electron chi connectivity index (χ2n) is 7.67. The standard InChI is InChI=1S/C22H21ClF4N2O3/c23-17-8-7-16(12-18(17)24)32-13-20(31)29-21(10-11-21)9-1-2-19(30)28-15-5-3-14(4-6-15)22(25,26)27/h3-8,12H,1-2,9-11,13H2,(H,28,30)(H,29,31). The number of benzene rings is 2. The lowest BCUT2D eigenvalue weighted by Crippen LogP contribution is -2.39. The Balaban J connectivity index is 1.38. The molecule has 0 aromatic heterocycles. The Hall–Kier alpha value is -2.81. The number of carbonyl (C=O) groups excluding carboxylic acids is 2. The van der Waals surface area contributed by atoms with Crippen LogP contribution in [-0.2, 0) is 15.8 Å². The Labute approximate surface area is 187 Å². The summed E-state index contributed by atoms with van der Waals surface area (Å²) in [4.78, 5) is 24.2. The van der Waals surface area contributed by atoms with Gasteiger partial charge in [0.15, 0.2) is 6.61 Å². The molecule has 1 aliphatic carbocycles. The van der Waals surface area contributed by atoms with Gasteiger partial charge in [-0.1, -0.05) is 11.6 Å². The minimum Gasteiger partial charge on any atom is -0.484 e. The van der Waals surface area contributed by atoms with Crippen LogP contribution >= 0.6 is 11.6 Å². The summed E-state index contributed by atoms with van der Waals surface area (Å²) in [5.74, 6) is -1.13. The molecule has 172 valence electrons. The summed E-state index contributed by atoms with van der Waals surface area (Å²) in [6, 6.07) is 8.11. The van der Waals surface area contributed by atoms with Gasteiger partial charge in [-0.05, 0) is 62.1 Å². The highest BCUT2D eigenvalue weighted by molar-refractivity contribution is 6.30. The number of alkyl halides is 3. The first-order chi connectivity index (χ1) is 15.1.